The maximum absolute atomic E-state index is 12.7. The summed E-state index contributed by atoms with van der Waals surface area (Å²) in [4.78, 5) is 18.9. The van der Waals surface area contributed by atoms with Crippen LogP contribution < -0.4 is 0 Å². The number of rotatable bonds is 2. The maximum Gasteiger partial charge on any atom is 0.256 e. The zero-order chi connectivity index (χ0) is 14.9. The van der Waals surface area contributed by atoms with Crippen LogP contribution in [0, 0.1) is 5.92 Å². The van der Waals surface area contributed by atoms with E-state index in [0.717, 1.165) is 30.7 Å². The average molecular weight is 306 g/mol. The van der Waals surface area contributed by atoms with Gasteiger partial charge in [-0.15, -0.1) is 11.8 Å². The van der Waals surface area contributed by atoms with Gasteiger partial charge < -0.3 is 10.0 Å². The van der Waals surface area contributed by atoms with Crippen LogP contribution in [0.5, 0.6) is 0 Å². The second kappa shape index (κ2) is 5.97. The molecule has 1 N–H and O–H groups in total. The molecular formula is C16H22N2O2S. The molecule has 2 aliphatic rings. The van der Waals surface area contributed by atoms with Crippen LogP contribution >= 0.6 is 11.8 Å². The third kappa shape index (κ3) is 2.81. The van der Waals surface area contributed by atoms with Gasteiger partial charge in [-0.1, -0.05) is 12.8 Å². The Labute approximate surface area is 129 Å². The lowest BCUT2D eigenvalue weighted by Gasteiger charge is -2.47. The molecule has 2 heterocycles. The van der Waals surface area contributed by atoms with Crippen molar-refractivity contribution in [2.24, 2.45) is 5.92 Å². The SMILES string of the molecule is CSc1ncccc1C(=O)N1CCC2(O)CCCCC2C1. The summed E-state index contributed by atoms with van der Waals surface area (Å²) < 4.78 is 0. The van der Waals surface area contributed by atoms with E-state index in [1.54, 1.807) is 6.20 Å². The minimum absolute atomic E-state index is 0.0556. The number of hydrogen-bond acceptors (Lipinski definition) is 4. The van der Waals surface area contributed by atoms with Crippen molar-refractivity contribution in [2.45, 2.75) is 42.7 Å². The van der Waals surface area contributed by atoms with Crippen LogP contribution in [0.15, 0.2) is 23.4 Å². The molecule has 0 spiro atoms. The van der Waals surface area contributed by atoms with Gasteiger partial charge in [0, 0.05) is 25.2 Å². The van der Waals surface area contributed by atoms with E-state index in [4.69, 9.17) is 0 Å². The largest absolute Gasteiger partial charge is 0.389 e. The van der Waals surface area contributed by atoms with E-state index in [1.165, 1.54) is 11.8 Å². The predicted octanol–water partition coefficient (Wildman–Crippen LogP) is 2.57. The molecule has 2 fully saturated rings. The van der Waals surface area contributed by atoms with Crippen molar-refractivity contribution < 1.29 is 9.90 Å². The molecule has 2 unspecified atom stereocenters. The topological polar surface area (TPSA) is 53.4 Å². The first kappa shape index (κ1) is 14.9. The highest BCUT2D eigenvalue weighted by Crippen LogP contribution is 2.40. The van der Waals surface area contributed by atoms with Crippen LogP contribution in [0.1, 0.15) is 42.5 Å². The summed E-state index contributed by atoms with van der Waals surface area (Å²) in [5.74, 6) is 0.290. The van der Waals surface area contributed by atoms with Gasteiger partial charge in [0.25, 0.3) is 5.91 Å². The number of pyridine rings is 1. The molecule has 0 radical (unpaired) electrons. The van der Waals surface area contributed by atoms with Crippen LogP contribution in [-0.4, -0.2) is 45.8 Å². The predicted molar refractivity (Wildman–Crippen MR) is 83.4 cm³/mol. The Kier molecular flexibility index (Phi) is 4.22. The number of aliphatic hydroxyl groups is 1. The molecule has 2 atom stereocenters. The highest BCUT2D eigenvalue weighted by molar-refractivity contribution is 7.98. The normalized spacial score (nSPS) is 29.0. The van der Waals surface area contributed by atoms with Crippen LogP contribution in [-0.2, 0) is 0 Å². The molecule has 1 aliphatic heterocycles. The van der Waals surface area contributed by atoms with Crippen LogP contribution in [0.4, 0.5) is 0 Å². The lowest BCUT2D eigenvalue weighted by atomic mass is 9.71. The van der Waals surface area contributed by atoms with Crippen molar-refractivity contribution in [2.75, 3.05) is 19.3 Å². The van der Waals surface area contributed by atoms with Gasteiger partial charge in [-0.25, -0.2) is 4.98 Å². The lowest BCUT2D eigenvalue weighted by molar-refractivity contribution is -0.0886. The molecular weight excluding hydrogens is 284 g/mol. The van der Waals surface area contributed by atoms with Crippen molar-refractivity contribution >= 4 is 17.7 Å². The van der Waals surface area contributed by atoms with Gasteiger partial charge in [0.1, 0.15) is 5.03 Å². The lowest BCUT2D eigenvalue weighted by Crippen LogP contribution is -2.54. The van der Waals surface area contributed by atoms with E-state index in [-0.39, 0.29) is 11.8 Å². The van der Waals surface area contributed by atoms with Crippen LogP contribution in [0.2, 0.25) is 0 Å². The second-order valence-corrected chi connectivity index (χ2v) is 6.90. The van der Waals surface area contributed by atoms with Crippen LogP contribution in [0.25, 0.3) is 0 Å². The van der Waals surface area contributed by atoms with Crippen molar-refractivity contribution in [1.29, 1.82) is 0 Å². The van der Waals surface area contributed by atoms with E-state index in [2.05, 4.69) is 4.98 Å². The number of carbonyl (C=O) groups is 1. The van der Waals surface area contributed by atoms with Crippen molar-refractivity contribution in [3.05, 3.63) is 23.9 Å². The molecule has 1 saturated heterocycles. The van der Waals surface area contributed by atoms with Gasteiger partial charge in [0.05, 0.1) is 11.2 Å². The molecule has 3 rings (SSSR count). The molecule has 114 valence electrons. The smallest absolute Gasteiger partial charge is 0.256 e. The molecule has 1 aromatic rings. The minimum Gasteiger partial charge on any atom is -0.389 e. The molecule has 1 saturated carbocycles. The highest BCUT2D eigenvalue weighted by Gasteiger charge is 2.43. The number of amides is 1. The van der Waals surface area contributed by atoms with Gasteiger partial charge >= 0.3 is 0 Å². The Balaban J connectivity index is 1.77. The van der Waals surface area contributed by atoms with E-state index in [0.29, 0.717) is 25.1 Å². The molecule has 0 aromatic carbocycles. The molecule has 1 aromatic heterocycles. The fourth-order valence-corrected chi connectivity index (χ4v) is 4.18. The number of carbonyl (C=O) groups excluding carboxylic acids is 1. The Morgan fingerprint density at radius 3 is 3.14 bits per heavy atom. The van der Waals surface area contributed by atoms with E-state index in [9.17, 15) is 9.90 Å². The summed E-state index contributed by atoms with van der Waals surface area (Å²) in [6.07, 6.45) is 8.57. The van der Waals surface area contributed by atoms with Gasteiger partial charge in [0.2, 0.25) is 0 Å². The van der Waals surface area contributed by atoms with E-state index >= 15 is 0 Å². The number of fused-ring (bicyclic) bond motifs is 1. The fraction of sp³-hybridized carbons (Fsp3) is 0.625. The number of thioether (sulfide) groups is 1. The Hall–Kier alpha value is -1.07. The van der Waals surface area contributed by atoms with Crippen molar-refractivity contribution in [3.8, 4) is 0 Å². The zero-order valence-electron chi connectivity index (χ0n) is 12.4. The summed E-state index contributed by atoms with van der Waals surface area (Å²) in [5.41, 5.74) is 0.151. The average Bonchev–Trinajstić information content (AvgIpc) is 2.53. The van der Waals surface area contributed by atoms with Gasteiger partial charge in [0.15, 0.2) is 0 Å². The number of piperidine rings is 1. The number of nitrogens with zero attached hydrogens (tertiary/aromatic N) is 2. The number of hydrogen-bond donors (Lipinski definition) is 1. The quantitative estimate of drug-likeness (QED) is 0.853. The first-order chi connectivity index (χ1) is 10.1. The maximum atomic E-state index is 12.7. The Morgan fingerprint density at radius 2 is 2.33 bits per heavy atom. The number of aromatic nitrogens is 1. The van der Waals surface area contributed by atoms with Crippen molar-refractivity contribution in [3.63, 3.8) is 0 Å². The summed E-state index contributed by atoms with van der Waals surface area (Å²) in [6, 6.07) is 3.66. The molecule has 4 nitrogen and oxygen atoms in total. The third-order valence-corrected chi connectivity index (χ3v) is 5.62. The summed E-state index contributed by atoms with van der Waals surface area (Å²) >= 11 is 1.50. The van der Waals surface area contributed by atoms with Gasteiger partial charge in [-0.2, -0.15) is 0 Å². The fourth-order valence-electron chi connectivity index (χ4n) is 3.64. The van der Waals surface area contributed by atoms with Crippen LogP contribution in [0.3, 0.4) is 0 Å². The van der Waals surface area contributed by atoms with Crippen molar-refractivity contribution in [1.82, 2.24) is 9.88 Å². The molecule has 0 bridgehead atoms. The molecule has 21 heavy (non-hydrogen) atoms. The van der Waals surface area contributed by atoms with Gasteiger partial charge in [-0.3, -0.25) is 4.79 Å². The van der Waals surface area contributed by atoms with E-state index in [1.807, 2.05) is 23.3 Å². The first-order valence-electron chi connectivity index (χ1n) is 7.65. The third-order valence-electron chi connectivity index (χ3n) is 4.91. The Morgan fingerprint density at radius 1 is 1.48 bits per heavy atom. The zero-order valence-corrected chi connectivity index (χ0v) is 13.2. The van der Waals surface area contributed by atoms with E-state index < -0.39 is 5.60 Å². The molecule has 1 aliphatic carbocycles. The number of likely N-dealkylation sites (tertiary alicyclic amines) is 1. The first-order valence-corrected chi connectivity index (χ1v) is 8.87. The molecule has 5 heteroatoms. The highest BCUT2D eigenvalue weighted by atomic mass is 32.2. The summed E-state index contributed by atoms with van der Waals surface area (Å²) in [5, 5.41) is 11.5. The summed E-state index contributed by atoms with van der Waals surface area (Å²) in [7, 11) is 0. The standard InChI is InChI=1S/C16H22N2O2S/c1-21-14-13(6-4-9-17-14)15(19)18-10-8-16(20)7-3-2-5-12(16)11-18/h4,6,9,12,20H,2-3,5,7-8,10-11H2,1H3. The summed E-state index contributed by atoms with van der Waals surface area (Å²) in [6.45, 7) is 1.33. The van der Waals surface area contributed by atoms with Gasteiger partial charge in [-0.05, 0) is 37.7 Å². The molecule has 1 amide bonds. The second-order valence-electron chi connectivity index (χ2n) is 6.11. The minimum atomic E-state index is -0.535. The monoisotopic (exact) mass is 306 g/mol. The Bertz CT molecular complexity index is 537.